The van der Waals surface area contributed by atoms with Crippen LogP contribution in [0.2, 0.25) is 0 Å². The van der Waals surface area contributed by atoms with Gasteiger partial charge in [-0.15, -0.1) is 0 Å². The van der Waals surface area contributed by atoms with E-state index in [-0.39, 0.29) is 10.4 Å². The molecule has 0 aliphatic rings. The maximum atomic E-state index is 11.4. The molecule has 4 nitrogen and oxygen atoms in total. The number of ether oxygens (including phenoxy) is 1. The van der Waals surface area contributed by atoms with Gasteiger partial charge in [0.05, 0.1) is 12.0 Å². The largest absolute Gasteiger partial charge is 0.496 e. The van der Waals surface area contributed by atoms with Crippen LogP contribution in [0.1, 0.15) is 19.4 Å². The summed E-state index contributed by atoms with van der Waals surface area (Å²) in [6, 6.07) is 4.87. The molecule has 1 rings (SSSR count). The molecule has 0 atom stereocenters. The number of sulfone groups is 1. The summed E-state index contributed by atoms with van der Waals surface area (Å²) in [7, 11) is -1.68. The Labute approximate surface area is 103 Å². The first-order valence-corrected chi connectivity index (χ1v) is 7.18. The second kappa shape index (κ2) is 4.66. The average molecular weight is 257 g/mol. The number of hydrogen-bond donors (Lipinski definition) is 1. The van der Waals surface area contributed by atoms with E-state index >= 15 is 0 Å². The summed E-state index contributed by atoms with van der Waals surface area (Å²) < 4.78 is 28.0. The van der Waals surface area contributed by atoms with E-state index in [9.17, 15) is 8.42 Å². The Morgan fingerprint density at radius 2 is 1.94 bits per heavy atom. The minimum absolute atomic E-state index is 0.257. The molecule has 17 heavy (non-hydrogen) atoms. The van der Waals surface area contributed by atoms with Gasteiger partial charge in [0.25, 0.3) is 0 Å². The van der Waals surface area contributed by atoms with Gasteiger partial charge in [-0.2, -0.15) is 0 Å². The van der Waals surface area contributed by atoms with E-state index in [4.69, 9.17) is 10.5 Å². The van der Waals surface area contributed by atoms with Crippen molar-refractivity contribution in [2.75, 3.05) is 13.4 Å². The Balaban J connectivity index is 3.19. The molecule has 0 saturated heterocycles. The van der Waals surface area contributed by atoms with Crippen LogP contribution in [-0.2, 0) is 16.3 Å². The van der Waals surface area contributed by atoms with E-state index in [2.05, 4.69) is 0 Å². The van der Waals surface area contributed by atoms with Gasteiger partial charge in [-0.25, -0.2) is 8.42 Å². The second-order valence-electron chi connectivity index (χ2n) is 4.91. The molecule has 96 valence electrons. The van der Waals surface area contributed by atoms with Crippen LogP contribution < -0.4 is 10.5 Å². The molecule has 2 N–H and O–H groups in total. The van der Waals surface area contributed by atoms with Crippen molar-refractivity contribution in [2.45, 2.75) is 30.7 Å². The fourth-order valence-corrected chi connectivity index (χ4v) is 2.23. The maximum absolute atomic E-state index is 11.4. The number of methoxy groups -OCH3 is 1. The van der Waals surface area contributed by atoms with Gasteiger partial charge in [-0.3, -0.25) is 0 Å². The zero-order valence-electron chi connectivity index (χ0n) is 10.6. The fourth-order valence-electron chi connectivity index (χ4n) is 1.59. The lowest BCUT2D eigenvalue weighted by Crippen LogP contribution is -2.34. The fraction of sp³-hybridized carbons (Fsp3) is 0.500. The highest BCUT2D eigenvalue weighted by molar-refractivity contribution is 7.90. The highest BCUT2D eigenvalue weighted by Crippen LogP contribution is 2.25. The van der Waals surface area contributed by atoms with Crippen molar-refractivity contribution in [1.82, 2.24) is 0 Å². The van der Waals surface area contributed by atoms with Crippen LogP contribution >= 0.6 is 0 Å². The molecular formula is C12H19NO3S. The van der Waals surface area contributed by atoms with Crippen molar-refractivity contribution in [1.29, 1.82) is 0 Å². The highest BCUT2D eigenvalue weighted by Gasteiger charge is 2.17. The molecule has 0 unspecified atom stereocenters. The third-order valence-corrected chi connectivity index (χ3v) is 3.44. The molecule has 0 saturated carbocycles. The topological polar surface area (TPSA) is 69.4 Å². The normalized spacial score (nSPS) is 12.5. The number of hydrogen-bond acceptors (Lipinski definition) is 4. The molecule has 0 radical (unpaired) electrons. The molecule has 0 aliphatic carbocycles. The molecule has 5 heteroatoms. The van der Waals surface area contributed by atoms with Crippen LogP contribution in [0, 0.1) is 0 Å². The Kier molecular flexibility index (Phi) is 3.84. The van der Waals surface area contributed by atoms with Crippen LogP contribution in [0.15, 0.2) is 23.1 Å². The van der Waals surface area contributed by atoms with E-state index in [1.807, 2.05) is 13.8 Å². The minimum atomic E-state index is -3.21. The van der Waals surface area contributed by atoms with Crippen LogP contribution in [0.25, 0.3) is 0 Å². The Hall–Kier alpha value is -1.07. The van der Waals surface area contributed by atoms with Crippen molar-refractivity contribution < 1.29 is 13.2 Å². The molecular weight excluding hydrogens is 238 g/mol. The lowest BCUT2D eigenvalue weighted by atomic mass is 9.96. The maximum Gasteiger partial charge on any atom is 0.175 e. The monoisotopic (exact) mass is 257 g/mol. The molecule has 0 spiro atoms. The lowest BCUT2D eigenvalue weighted by Gasteiger charge is -2.20. The Morgan fingerprint density at radius 3 is 2.35 bits per heavy atom. The van der Waals surface area contributed by atoms with Crippen molar-refractivity contribution >= 4 is 9.84 Å². The van der Waals surface area contributed by atoms with Crippen LogP contribution in [-0.4, -0.2) is 27.3 Å². The van der Waals surface area contributed by atoms with Crippen molar-refractivity contribution in [3.63, 3.8) is 0 Å². The van der Waals surface area contributed by atoms with Crippen LogP contribution in [0.4, 0.5) is 0 Å². The number of rotatable bonds is 4. The van der Waals surface area contributed by atoms with Gasteiger partial charge in [0, 0.05) is 11.8 Å². The Bertz CT molecular complexity index is 501. The summed E-state index contributed by atoms with van der Waals surface area (Å²) >= 11 is 0. The van der Waals surface area contributed by atoms with Gasteiger partial charge in [-0.1, -0.05) is 6.07 Å². The van der Waals surface area contributed by atoms with Crippen molar-refractivity contribution in [2.24, 2.45) is 5.73 Å². The van der Waals surface area contributed by atoms with E-state index in [0.717, 1.165) is 5.56 Å². The van der Waals surface area contributed by atoms with Gasteiger partial charge < -0.3 is 10.5 Å². The third-order valence-electron chi connectivity index (χ3n) is 2.33. The molecule has 0 heterocycles. The molecule has 0 bridgehead atoms. The molecule has 0 aliphatic heterocycles. The number of nitrogens with two attached hydrogens (primary N) is 1. The molecule has 0 fully saturated rings. The molecule has 1 aromatic carbocycles. The highest BCUT2D eigenvalue weighted by atomic mass is 32.2. The van der Waals surface area contributed by atoms with E-state index in [0.29, 0.717) is 12.2 Å². The summed E-state index contributed by atoms with van der Waals surface area (Å²) in [6.07, 6.45) is 1.80. The lowest BCUT2D eigenvalue weighted by molar-refractivity contribution is 0.401. The first kappa shape index (κ1) is 14.0. The predicted molar refractivity (Wildman–Crippen MR) is 68.1 cm³/mol. The quantitative estimate of drug-likeness (QED) is 0.884. The molecule has 0 aromatic heterocycles. The summed E-state index contributed by atoms with van der Waals surface area (Å²) in [6.45, 7) is 3.83. The van der Waals surface area contributed by atoms with Crippen LogP contribution in [0.3, 0.4) is 0 Å². The second-order valence-corrected chi connectivity index (χ2v) is 6.93. The van der Waals surface area contributed by atoms with Gasteiger partial charge >= 0.3 is 0 Å². The average Bonchev–Trinajstić information content (AvgIpc) is 2.14. The minimum Gasteiger partial charge on any atom is -0.496 e. The zero-order valence-corrected chi connectivity index (χ0v) is 11.5. The summed E-state index contributed by atoms with van der Waals surface area (Å²) in [5.74, 6) is 0.562. The predicted octanol–water partition coefficient (Wildman–Crippen LogP) is 1.38. The summed E-state index contributed by atoms with van der Waals surface area (Å²) in [4.78, 5) is 0.257. The summed E-state index contributed by atoms with van der Waals surface area (Å²) in [5.41, 5.74) is 6.49. The van der Waals surface area contributed by atoms with E-state index < -0.39 is 9.84 Å². The van der Waals surface area contributed by atoms with Gasteiger partial charge in [-0.05, 0) is 38.0 Å². The molecule has 1 aromatic rings. The van der Waals surface area contributed by atoms with Gasteiger partial charge in [0.15, 0.2) is 9.84 Å². The van der Waals surface area contributed by atoms with E-state index in [1.54, 1.807) is 12.1 Å². The van der Waals surface area contributed by atoms with Crippen molar-refractivity contribution in [3.8, 4) is 5.75 Å². The third kappa shape index (κ3) is 4.02. The number of benzene rings is 1. The first-order chi connectivity index (χ1) is 7.63. The van der Waals surface area contributed by atoms with Crippen molar-refractivity contribution in [3.05, 3.63) is 23.8 Å². The van der Waals surface area contributed by atoms with E-state index in [1.165, 1.54) is 19.4 Å². The van der Waals surface area contributed by atoms with Crippen LogP contribution in [0.5, 0.6) is 5.75 Å². The standard InChI is InChI=1S/C12H19NO3S/c1-12(2,13)8-9-5-6-10(17(4,14)15)7-11(9)16-3/h5-7H,8,13H2,1-4H3. The van der Waals surface area contributed by atoms with Gasteiger partial charge in [0.2, 0.25) is 0 Å². The SMILES string of the molecule is COc1cc(S(C)(=O)=O)ccc1CC(C)(C)N. The van der Waals surface area contributed by atoms with Gasteiger partial charge in [0.1, 0.15) is 5.75 Å². The first-order valence-electron chi connectivity index (χ1n) is 5.29. The summed E-state index contributed by atoms with van der Waals surface area (Å²) in [5, 5.41) is 0. The zero-order chi connectivity index (χ0) is 13.3. The molecule has 0 amide bonds. The Morgan fingerprint density at radius 1 is 1.35 bits per heavy atom. The smallest absolute Gasteiger partial charge is 0.175 e.